The molecule has 0 amide bonds. The van der Waals surface area contributed by atoms with Gasteiger partial charge in [0.15, 0.2) is 0 Å². The molecule has 0 radical (unpaired) electrons. The summed E-state index contributed by atoms with van der Waals surface area (Å²) in [6.07, 6.45) is 4.05. The molecule has 1 aromatic rings. The summed E-state index contributed by atoms with van der Waals surface area (Å²) in [4.78, 5) is 1.50. The van der Waals surface area contributed by atoms with Crippen LogP contribution in [-0.2, 0) is 0 Å². The number of hydrogen-bond donors (Lipinski definition) is 1. The molecular weight excluding hydrogens is 154 g/mol. The second kappa shape index (κ2) is 3.37. The van der Waals surface area contributed by atoms with E-state index in [1.54, 1.807) is 0 Å². The van der Waals surface area contributed by atoms with E-state index in [0.717, 1.165) is 0 Å². The molecule has 2 heteroatoms. The Morgan fingerprint density at radius 1 is 1.45 bits per heavy atom. The van der Waals surface area contributed by atoms with Gasteiger partial charge in [0.2, 0.25) is 0 Å². The Hall–Kier alpha value is -0.340. The van der Waals surface area contributed by atoms with Gasteiger partial charge in [0.05, 0.1) is 0 Å². The summed E-state index contributed by atoms with van der Waals surface area (Å²) in [6.45, 7) is 1.20. The van der Waals surface area contributed by atoms with Crippen molar-refractivity contribution in [2.24, 2.45) is 0 Å². The van der Waals surface area contributed by atoms with Gasteiger partial charge in [-0.3, -0.25) is 0 Å². The van der Waals surface area contributed by atoms with Crippen LogP contribution in [0.1, 0.15) is 30.2 Å². The van der Waals surface area contributed by atoms with Gasteiger partial charge in [0, 0.05) is 10.9 Å². The molecule has 1 fully saturated rings. The third kappa shape index (κ3) is 1.63. The van der Waals surface area contributed by atoms with Crippen LogP contribution < -0.4 is 5.32 Å². The molecule has 1 atom stereocenters. The highest BCUT2D eigenvalue weighted by atomic mass is 32.1. The zero-order valence-electron chi connectivity index (χ0n) is 6.55. The molecule has 0 aliphatic carbocycles. The quantitative estimate of drug-likeness (QED) is 0.678. The van der Waals surface area contributed by atoms with Gasteiger partial charge in [-0.15, -0.1) is 11.3 Å². The molecule has 1 nitrogen and oxygen atoms in total. The van der Waals surface area contributed by atoms with Crippen LogP contribution >= 0.6 is 11.3 Å². The molecule has 0 spiro atoms. The number of hydrogen-bond acceptors (Lipinski definition) is 2. The van der Waals surface area contributed by atoms with Crippen molar-refractivity contribution in [1.82, 2.24) is 5.32 Å². The maximum Gasteiger partial charge on any atom is 0.0414 e. The first-order chi connectivity index (χ1) is 5.47. The van der Waals surface area contributed by atoms with Crippen molar-refractivity contribution in [3.05, 3.63) is 22.4 Å². The molecule has 0 aromatic carbocycles. The molecule has 0 bridgehead atoms. The summed E-state index contributed by atoms with van der Waals surface area (Å²) in [5.41, 5.74) is 0. The highest BCUT2D eigenvalue weighted by Gasteiger charge is 2.14. The lowest BCUT2D eigenvalue weighted by atomic mass is 10.0. The molecule has 11 heavy (non-hydrogen) atoms. The number of rotatable bonds is 1. The molecule has 1 saturated heterocycles. The van der Waals surface area contributed by atoms with Crippen LogP contribution in [0.25, 0.3) is 0 Å². The van der Waals surface area contributed by atoms with Gasteiger partial charge in [-0.25, -0.2) is 0 Å². The van der Waals surface area contributed by atoms with Gasteiger partial charge in [-0.1, -0.05) is 12.5 Å². The second-order valence-corrected chi connectivity index (χ2v) is 4.00. The molecule has 1 aliphatic rings. The Morgan fingerprint density at radius 3 is 3.09 bits per heavy atom. The van der Waals surface area contributed by atoms with Crippen LogP contribution in [0.2, 0.25) is 0 Å². The predicted octanol–water partition coefficient (Wildman–Crippen LogP) is 2.56. The largest absolute Gasteiger partial charge is 0.309 e. The Balaban J connectivity index is 2.04. The maximum absolute atomic E-state index is 3.53. The third-order valence-electron chi connectivity index (χ3n) is 2.20. The van der Waals surface area contributed by atoms with Gasteiger partial charge in [0.25, 0.3) is 0 Å². The lowest BCUT2D eigenvalue weighted by molar-refractivity contribution is 0.417. The van der Waals surface area contributed by atoms with E-state index in [2.05, 4.69) is 22.8 Å². The third-order valence-corrected chi connectivity index (χ3v) is 3.18. The van der Waals surface area contributed by atoms with E-state index in [1.165, 1.54) is 30.7 Å². The molecule has 2 rings (SSSR count). The van der Waals surface area contributed by atoms with Crippen molar-refractivity contribution in [3.8, 4) is 0 Å². The Bertz CT molecular complexity index is 199. The van der Waals surface area contributed by atoms with Gasteiger partial charge >= 0.3 is 0 Å². The fourth-order valence-corrected chi connectivity index (χ4v) is 2.42. The number of thiophene rings is 1. The standard InChI is InChI=1S/C9H13NS/c1-2-6-10-8(4-1)9-5-3-7-11-9/h3,5,7-8,10H,1-2,4,6H2/t8-/m0/s1. The maximum atomic E-state index is 3.53. The van der Waals surface area contributed by atoms with Crippen molar-refractivity contribution in [2.45, 2.75) is 25.3 Å². The van der Waals surface area contributed by atoms with E-state index in [-0.39, 0.29) is 0 Å². The van der Waals surface area contributed by atoms with Gasteiger partial charge in [-0.2, -0.15) is 0 Å². The molecule has 0 saturated carbocycles. The van der Waals surface area contributed by atoms with E-state index in [1.807, 2.05) is 11.3 Å². The van der Waals surface area contributed by atoms with Crippen molar-refractivity contribution >= 4 is 11.3 Å². The normalized spacial score (nSPS) is 25.3. The summed E-state index contributed by atoms with van der Waals surface area (Å²) < 4.78 is 0. The van der Waals surface area contributed by atoms with E-state index in [4.69, 9.17) is 0 Å². The average Bonchev–Trinajstić information content (AvgIpc) is 2.58. The summed E-state index contributed by atoms with van der Waals surface area (Å²) >= 11 is 1.87. The average molecular weight is 167 g/mol. The van der Waals surface area contributed by atoms with Crippen LogP contribution in [0.4, 0.5) is 0 Å². The minimum atomic E-state index is 0.656. The van der Waals surface area contributed by atoms with Crippen LogP contribution in [0.15, 0.2) is 17.5 Å². The van der Waals surface area contributed by atoms with E-state index in [0.29, 0.717) is 6.04 Å². The first kappa shape index (κ1) is 7.32. The van der Waals surface area contributed by atoms with Gasteiger partial charge in [-0.05, 0) is 30.8 Å². The Kier molecular flexibility index (Phi) is 2.24. The lowest BCUT2D eigenvalue weighted by Crippen LogP contribution is -2.25. The SMILES string of the molecule is c1csc([C@@H]2CCCCN2)c1. The van der Waals surface area contributed by atoms with E-state index < -0.39 is 0 Å². The summed E-state index contributed by atoms with van der Waals surface area (Å²) in [6, 6.07) is 5.02. The number of nitrogens with one attached hydrogen (secondary N) is 1. The molecule has 0 unspecified atom stereocenters. The zero-order chi connectivity index (χ0) is 7.52. The highest BCUT2D eigenvalue weighted by Crippen LogP contribution is 2.25. The molecular formula is C9H13NS. The second-order valence-electron chi connectivity index (χ2n) is 3.02. The molecule has 1 N–H and O–H groups in total. The lowest BCUT2D eigenvalue weighted by Gasteiger charge is -2.21. The van der Waals surface area contributed by atoms with Gasteiger partial charge < -0.3 is 5.32 Å². The van der Waals surface area contributed by atoms with Crippen LogP contribution in [0.5, 0.6) is 0 Å². The van der Waals surface area contributed by atoms with Crippen molar-refractivity contribution in [1.29, 1.82) is 0 Å². The zero-order valence-corrected chi connectivity index (χ0v) is 7.36. The highest BCUT2D eigenvalue weighted by molar-refractivity contribution is 7.10. The van der Waals surface area contributed by atoms with Crippen molar-refractivity contribution in [3.63, 3.8) is 0 Å². The van der Waals surface area contributed by atoms with E-state index >= 15 is 0 Å². The minimum Gasteiger partial charge on any atom is -0.309 e. The summed E-state index contributed by atoms with van der Waals surface area (Å²) in [7, 11) is 0. The van der Waals surface area contributed by atoms with Crippen LogP contribution in [0.3, 0.4) is 0 Å². The fraction of sp³-hybridized carbons (Fsp3) is 0.556. The van der Waals surface area contributed by atoms with Gasteiger partial charge in [0.1, 0.15) is 0 Å². The molecule has 60 valence electrons. The Labute approximate surface area is 71.4 Å². The van der Waals surface area contributed by atoms with E-state index in [9.17, 15) is 0 Å². The first-order valence-corrected chi connectivity index (χ1v) is 5.11. The molecule has 1 aromatic heterocycles. The monoisotopic (exact) mass is 167 g/mol. The summed E-state index contributed by atoms with van der Waals surface area (Å²) in [5, 5.41) is 5.69. The fourth-order valence-electron chi connectivity index (χ4n) is 1.58. The molecule has 2 heterocycles. The smallest absolute Gasteiger partial charge is 0.0414 e. The molecule has 1 aliphatic heterocycles. The summed E-state index contributed by atoms with van der Waals surface area (Å²) in [5.74, 6) is 0. The van der Waals surface area contributed by atoms with Crippen molar-refractivity contribution in [2.75, 3.05) is 6.54 Å². The van der Waals surface area contributed by atoms with Crippen LogP contribution in [-0.4, -0.2) is 6.54 Å². The van der Waals surface area contributed by atoms with Crippen LogP contribution in [0, 0.1) is 0 Å². The minimum absolute atomic E-state index is 0.656. The topological polar surface area (TPSA) is 12.0 Å². The number of piperidine rings is 1. The first-order valence-electron chi connectivity index (χ1n) is 4.23. The Morgan fingerprint density at radius 2 is 2.45 bits per heavy atom. The predicted molar refractivity (Wildman–Crippen MR) is 48.9 cm³/mol. The van der Waals surface area contributed by atoms with Crippen molar-refractivity contribution < 1.29 is 0 Å².